The summed E-state index contributed by atoms with van der Waals surface area (Å²) in [6.45, 7) is 11.0. The molecule has 12 nitrogen and oxygen atoms in total. The van der Waals surface area contributed by atoms with Gasteiger partial charge in [-0.15, -0.1) is 0 Å². The molecule has 2 aromatic rings. The molecule has 13 heteroatoms. The molecule has 2 heterocycles. The number of nitrogens with one attached hydrogen (secondary N) is 2. The highest BCUT2D eigenvalue weighted by Gasteiger charge is 2.50. The fraction of sp³-hybridized carbons (Fsp3) is 0.588. The molecule has 2 fully saturated rings. The van der Waals surface area contributed by atoms with Gasteiger partial charge in [-0.1, -0.05) is 77.6 Å². The van der Waals surface area contributed by atoms with E-state index in [1.165, 1.54) is 0 Å². The van der Waals surface area contributed by atoms with Crippen molar-refractivity contribution in [1.82, 2.24) is 10.6 Å². The molecule has 260 valence electrons. The van der Waals surface area contributed by atoms with Crippen LogP contribution in [0.25, 0.3) is 0 Å². The first-order valence-electron chi connectivity index (χ1n) is 15.7. The zero-order valence-corrected chi connectivity index (χ0v) is 28.3. The van der Waals surface area contributed by atoms with E-state index >= 15 is 0 Å². The number of carbonyl (C=O) groups is 2. The van der Waals surface area contributed by atoms with Crippen molar-refractivity contribution in [2.75, 3.05) is 13.2 Å². The smallest absolute Gasteiger partial charge is 0.251 e. The molecule has 0 aliphatic carbocycles. The summed E-state index contributed by atoms with van der Waals surface area (Å²) in [7, 11) is 0. The summed E-state index contributed by atoms with van der Waals surface area (Å²) in [5.74, 6) is -1.13. The Kier molecular flexibility index (Phi) is 11.8. The van der Waals surface area contributed by atoms with Crippen LogP contribution in [0.4, 0.5) is 0 Å². The summed E-state index contributed by atoms with van der Waals surface area (Å²) in [6.07, 6.45) is -8.47. The highest BCUT2D eigenvalue weighted by molar-refractivity contribution is 8.00. The first kappa shape index (κ1) is 37.2. The average molecular weight is 677 g/mol. The molecule has 2 aliphatic heterocycles. The fourth-order valence-corrected chi connectivity index (χ4v) is 6.92. The van der Waals surface area contributed by atoms with E-state index in [2.05, 4.69) is 10.6 Å². The summed E-state index contributed by atoms with van der Waals surface area (Å²) < 4.78 is 11.5. The normalized spacial score (nSPS) is 31.7. The zero-order valence-electron chi connectivity index (χ0n) is 27.5. The van der Waals surface area contributed by atoms with Gasteiger partial charge in [-0.3, -0.25) is 9.59 Å². The molecule has 2 aromatic carbocycles. The second kappa shape index (κ2) is 14.9. The summed E-state index contributed by atoms with van der Waals surface area (Å²) in [6, 6.07) is 11.3. The zero-order chi connectivity index (χ0) is 34.8. The number of amides is 2. The Morgan fingerprint density at radius 1 is 0.617 bits per heavy atom. The molecular weight excluding hydrogens is 628 g/mol. The van der Waals surface area contributed by atoms with Gasteiger partial charge >= 0.3 is 0 Å². The van der Waals surface area contributed by atoms with E-state index in [4.69, 9.17) is 9.47 Å². The third-order valence-electron chi connectivity index (χ3n) is 8.66. The van der Waals surface area contributed by atoms with Crippen molar-refractivity contribution in [2.24, 2.45) is 0 Å². The minimum atomic E-state index is -1.54. The van der Waals surface area contributed by atoms with Crippen LogP contribution >= 0.6 is 11.8 Å². The van der Waals surface area contributed by atoms with Crippen molar-refractivity contribution in [3.63, 3.8) is 0 Å². The summed E-state index contributed by atoms with van der Waals surface area (Å²) in [5.41, 5.74) is -0.130. The first-order valence-corrected chi connectivity index (χ1v) is 16.6. The number of thioether (sulfide) groups is 1. The minimum absolute atomic E-state index is 0.128. The lowest BCUT2D eigenvalue weighted by Gasteiger charge is -2.46. The number of hydrogen-bond donors (Lipinski definition) is 8. The Morgan fingerprint density at radius 2 is 0.936 bits per heavy atom. The monoisotopic (exact) mass is 676 g/mol. The van der Waals surface area contributed by atoms with Crippen molar-refractivity contribution in [2.45, 2.75) is 112 Å². The lowest BCUT2D eigenvalue weighted by Crippen LogP contribution is -2.66. The van der Waals surface area contributed by atoms with E-state index in [0.717, 1.165) is 22.9 Å². The Balaban J connectivity index is 1.49. The molecule has 2 amide bonds. The molecule has 0 saturated carbocycles. The van der Waals surface area contributed by atoms with Crippen molar-refractivity contribution in [1.29, 1.82) is 0 Å². The summed E-state index contributed by atoms with van der Waals surface area (Å²) >= 11 is 0.771. The predicted molar refractivity (Wildman–Crippen MR) is 176 cm³/mol. The van der Waals surface area contributed by atoms with Crippen LogP contribution in [0.2, 0.25) is 0 Å². The third-order valence-corrected chi connectivity index (χ3v) is 9.98. The van der Waals surface area contributed by atoms with Crippen LogP contribution in [0.5, 0.6) is 0 Å². The number of aliphatic hydroxyl groups excluding tert-OH is 6. The molecule has 0 bridgehead atoms. The molecule has 0 aromatic heterocycles. The Bertz CT molecular complexity index is 1260. The Labute approximate surface area is 279 Å². The maximum atomic E-state index is 13.2. The third kappa shape index (κ3) is 8.53. The predicted octanol–water partition coefficient (Wildman–Crippen LogP) is 0.790. The van der Waals surface area contributed by atoms with Crippen LogP contribution in [0.15, 0.2) is 48.5 Å². The maximum absolute atomic E-state index is 13.2. The quantitative estimate of drug-likeness (QED) is 0.197. The molecule has 47 heavy (non-hydrogen) atoms. The van der Waals surface area contributed by atoms with Crippen LogP contribution in [0.3, 0.4) is 0 Å². The van der Waals surface area contributed by atoms with Crippen LogP contribution in [-0.2, 0) is 20.3 Å². The number of carbonyl (C=O) groups excluding carboxylic acids is 2. The van der Waals surface area contributed by atoms with E-state index in [0.29, 0.717) is 11.1 Å². The minimum Gasteiger partial charge on any atom is -0.394 e. The lowest BCUT2D eigenvalue weighted by molar-refractivity contribution is -0.175. The highest BCUT2D eigenvalue weighted by Crippen LogP contribution is 2.37. The van der Waals surface area contributed by atoms with Gasteiger partial charge in [0.1, 0.15) is 47.5 Å². The van der Waals surface area contributed by atoms with Gasteiger partial charge in [-0.25, -0.2) is 0 Å². The largest absolute Gasteiger partial charge is 0.394 e. The fourth-order valence-electron chi connectivity index (χ4n) is 5.59. The Hall–Kier alpha value is -2.59. The van der Waals surface area contributed by atoms with Gasteiger partial charge in [0, 0.05) is 11.1 Å². The molecule has 2 aliphatic rings. The standard InChI is InChI=1S/C34H48N2O10S/c1-33(2,3)19-11-7-17(8-12-19)29(43)35-23-25(39)21(15-37)45-31(27(23)41)47-32-28(42)24(26(40)22(16-38)46-32)36-30(44)18-9-13-20(14-10-18)34(4,5)6/h7-14,21-28,31-32,37-42H,15-16H2,1-6H3,(H,35,43)(H,36,44)/t21-,22+,23-,24?,25-,26-,27+,28?,31?,32?/m0/s1. The van der Waals surface area contributed by atoms with Gasteiger partial charge in [0.25, 0.3) is 11.8 Å². The van der Waals surface area contributed by atoms with E-state index in [9.17, 15) is 40.2 Å². The molecule has 4 rings (SSSR count). The van der Waals surface area contributed by atoms with E-state index in [1.807, 2.05) is 65.8 Å². The summed E-state index contributed by atoms with van der Waals surface area (Å²) in [5, 5.41) is 69.5. The van der Waals surface area contributed by atoms with Gasteiger partial charge in [0.2, 0.25) is 0 Å². The van der Waals surface area contributed by atoms with Gasteiger partial charge in [0.15, 0.2) is 0 Å². The molecule has 0 spiro atoms. The first-order chi connectivity index (χ1) is 22.0. The second-order valence-electron chi connectivity index (χ2n) is 14.2. The second-order valence-corrected chi connectivity index (χ2v) is 15.4. The molecule has 4 unspecified atom stereocenters. The van der Waals surface area contributed by atoms with E-state index in [-0.39, 0.29) is 10.8 Å². The number of rotatable bonds is 8. The van der Waals surface area contributed by atoms with Crippen LogP contribution < -0.4 is 10.6 Å². The Morgan fingerprint density at radius 3 is 1.21 bits per heavy atom. The van der Waals surface area contributed by atoms with Crippen LogP contribution in [0.1, 0.15) is 73.4 Å². The summed E-state index contributed by atoms with van der Waals surface area (Å²) in [4.78, 5) is 26.3. The highest BCUT2D eigenvalue weighted by atomic mass is 32.2. The lowest BCUT2D eigenvalue weighted by atomic mass is 9.86. The van der Waals surface area contributed by atoms with Gasteiger partial charge in [0.05, 0.1) is 25.3 Å². The van der Waals surface area contributed by atoms with Crippen LogP contribution in [0, 0.1) is 0 Å². The average Bonchev–Trinajstić information content (AvgIpc) is 3.02. The van der Waals surface area contributed by atoms with Crippen molar-refractivity contribution in [3.8, 4) is 0 Å². The molecule has 0 radical (unpaired) electrons. The number of ether oxygens (including phenoxy) is 2. The SMILES string of the molecule is CC(C)(C)c1ccc(C(=O)NC2C(O)C(SC3O[C@@H](CO)[C@H](O)[C@H](NC(=O)c4ccc(C(C)(C)C)cc4)[C@H]3O)O[C@H](CO)[C@@H]2O)cc1. The van der Waals surface area contributed by atoms with E-state index < -0.39 is 84.6 Å². The van der Waals surface area contributed by atoms with Gasteiger partial charge < -0.3 is 50.7 Å². The number of benzene rings is 2. The topological polar surface area (TPSA) is 198 Å². The van der Waals surface area contributed by atoms with E-state index in [1.54, 1.807) is 24.3 Å². The van der Waals surface area contributed by atoms with Crippen molar-refractivity contribution >= 4 is 23.6 Å². The van der Waals surface area contributed by atoms with Crippen molar-refractivity contribution < 1.29 is 49.7 Å². The molecule has 10 atom stereocenters. The number of hydrogen-bond acceptors (Lipinski definition) is 11. The number of aliphatic hydroxyl groups is 6. The van der Waals surface area contributed by atoms with Gasteiger partial charge in [-0.2, -0.15) is 0 Å². The van der Waals surface area contributed by atoms with Crippen molar-refractivity contribution in [3.05, 3.63) is 70.8 Å². The van der Waals surface area contributed by atoms with Gasteiger partial charge in [-0.05, 0) is 46.2 Å². The molecule has 2 saturated heterocycles. The molecule has 8 N–H and O–H groups in total. The van der Waals surface area contributed by atoms with Crippen LogP contribution in [-0.4, -0.2) is 115 Å². The molecular formula is C34H48N2O10S. The maximum Gasteiger partial charge on any atom is 0.251 e.